The maximum Gasteiger partial charge on any atom is 0.0696 e. The third-order valence-electron chi connectivity index (χ3n) is 1.90. The summed E-state index contributed by atoms with van der Waals surface area (Å²) < 4.78 is 1.05. The van der Waals surface area contributed by atoms with E-state index in [1.165, 1.54) is 0 Å². The first-order valence-corrected chi connectivity index (χ1v) is 5.43. The lowest BCUT2D eigenvalue weighted by Crippen LogP contribution is -1.84. The SMILES string of the molecule is OCc1cc(S)c(Cl)c2ccsc12. The van der Waals surface area contributed by atoms with Gasteiger partial charge in [-0.3, -0.25) is 0 Å². The van der Waals surface area contributed by atoms with E-state index >= 15 is 0 Å². The molecule has 1 N–H and O–H groups in total. The van der Waals surface area contributed by atoms with Gasteiger partial charge in [-0.25, -0.2) is 0 Å². The van der Waals surface area contributed by atoms with Gasteiger partial charge in [0.05, 0.1) is 11.6 Å². The topological polar surface area (TPSA) is 20.2 Å². The average Bonchev–Trinajstić information content (AvgIpc) is 2.60. The Bertz CT molecular complexity index is 450. The summed E-state index contributed by atoms with van der Waals surface area (Å²) in [4.78, 5) is 0.719. The Labute approximate surface area is 90.4 Å². The number of fused-ring (bicyclic) bond motifs is 1. The highest BCUT2D eigenvalue weighted by Gasteiger charge is 2.08. The summed E-state index contributed by atoms with van der Waals surface area (Å²) in [5, 5.41) is 12.7. The van der Waals surface area contributed by atoms with E-state index < -0.39 is 0 Å². The normalized spacial score (nSPS) is 11.0. The van der Waals surface area contributed by atoms with Crippen LogP contribution in [0.1, 0.15) is 5.56 Å². The zero-order valence-electron chi connectivity index (χ0n) is 6.62. The highest BCUT2D eigenvalue weighted by Crippen LogP contribution is 2.35. The van der Waals surface area contributed by atoms with E-state index in [-0.39, 0.29) is 6.61 Å². The molecular weight excluding hydrogens is 224 g/mol. The largest absolute Gasteiger partial charge is 0.392 e. The number of thiol groups is 1. The molecule has 0 spiro atoms. The number of hydrogen-bond donors (Lipinski definition) is 2. The van der Waals surface area contributed by atoms with E-state index in [1.807, 2.05) is 17.5 Å². The summed E-state index contributed by atoms with van der Waals surface area (Å²) in [7, 11) is 0. The van der Waals surface area contributed by atoms with Crippen LogP contribution in [0, 0.1) is 0 Å². The number of aliphatic hydroxyl groups is 1. The Balaban J connectivity index is 2.87. The van der Waals surface area contributed by atoms with Gasteiger partial charge in [-0.2, -0.15) is 0 Å². The molecular formula is C9H7ClOS2. The number of benzene rings is 1. The van der Waals surface area contributed by atoms with Crippen LogP contribution in [0.15, 0.2) is 22.4 Å². The molecule has 0 aliphatic carbocycles. The van der Waals surface area contributed by atoms with Crippen molar-refractivity contribution < 1.29 is 5.11 Å². The van der Waals surface area contributed by atoms with E-state index in [4.69, 9.17) is 16.7 Å². The van der Waals surface area contributed by atoms with Crippen molar-refractivity contribution >= 4 is 45.7 Å². The Hall–Kier alpha value is -0.220. The maximum atomic E-state index is 9.10. The predicted molar refractivity (Wildman–Crippen MR) is 60.0 cm³/mol. The van der Waals surface area contributed by atoms with Gasteiger partial charge in [0.2, 0.25) is 0 Å². The van der Waals surface area contributed by atoms with Crippen LogP contribution in [0.5, 0.6) is 0 Å². The smallest absolute Gasteiger partial charge is 0.0696 e. The average molecular weight is 231 g/mol. The van der Waals surface area contributed by atoms with Gasteiger partial charge in [-0.15, -0.1) is 24.0 Å². The summed E-state index contributed by atoms with van der Waals surface area (Å²) in [5.41, 5.74) is 0.888. The van der Waals surface area contributed by atoms with Crippen LogP contribution in [0.2, 0.25) is 5.02 Å². The van der Waals surface area contributed by atoms with Gasteiger partial charge in [0, 0.05) is 15.0 Å². The standard InChI is InChI=1S/C9H7ClOS2/c10-8-6-1-2-13-9(6)5(4-11)3-7(8)12/h1-3,11-12H,4H2. The number of aliphatic hydroxyl groups excluding tert-OH is 1. The highest BCUT2D eigenvalue weighted by molar-refractivity contribution is 7.80. The van der Waals surface area contributed by atoms with Crippen LogP contribution in [0.3, 0.4) is 0 Å². The van der Waals surface area contributed by atoms with Crippen molar-refractivity contribution in [2.24, 2.45) is 0 Å². The number of halogens is 1. The summed E-state index contributed by atoms with van der Waals surface area (Å²) in [5.74, 6) is 0. The molecule has 0 atom stereocenters. The van der Waals surface area contributed by atoms with Crippen molar-refractivity contribution in [3.05, 3.63) is 28.1 Å². The third-order valence-corrected chi connectivity index (χ3v) is 3.78. The lowest BCUT2D eigenvalue weighted by molar-refractivity contribution is 0.283. The van der Waals surface area contributed by atoms with Crippen LogP contribution in [0.4, 0.5) is 0 Å². The van der Waals surface area contributed by atoms with Crippen LogP contribution < -0.4 is 0 Å². The first-order valence-electron chi connectivity index (χ1n) is 3.72. The fourth-order valence-electron chi connectivity index (χ4n) is 1.28. The zero-order valence-corrected chi connectivity index (χ0v) is 9.09. The van der Waals surface area contributed by atoms with Gasteiger partial charge in [0.1, 0.15) is 0 Å². The molecule has 0 unspecified atom stereocenters. The van der Waals surface area contributed by atoms with Gasteiger partial charge in [0.25, 0.3) is 0 Å². The number of thiophene rings is 1. The summed E-state index contributed by atoms with van der Waals surface area (Å²) in [6.07, 6.45) is 0. The minimum atomic E-state index is 0.0295. The Morgan fingerprint density at radius 1 is 1.54 bits per heavy atom. The van der Waals surface area contributed by atoms with Crippen molar-refractivity contribution in [3.63, 3.8) is 0 Å². The van der Waals surface area contributed by atoms with E-state index in [0.29, 0.717) is 5.02 Å². The summed E-state index contributed by atoms with van der Waals surface area (Å²) in [6, 6.07) is 3.76. The van der Waals surface area contributed by atoms with Crippen molar-refractivity contribution in [2.75, 3.05) is 0 Å². The first-order chi connectivity index (χ1) is 6.24. The van der Waals surface area contributed by atoms with E-state index in [9.17, 15) is 0 Å². The molecule has 0 aliphatic heterocycles. The molecule has 0 aliphatic rings. The fraction of sp³-hybridized carbons (Fsp3) is 0.111. The van der Waals surface area contributed by atoms with Gasteiger partial charge < -0.3 is 5.11 Å². The molecule has 1 nitrogen and oxygen atoms in total. The third kappa shape index (κ3) is 1.46. The minimum Gasteiger partial charge on any atom is -0.392 e. The van der Waals surface area contributed by atoms with Gasteiger partial charge in [-0.1, -0.05) is 11.6 Å². The van der Waals surface area contributed by atoms with Crippen molar-refractivity contribution in [2.45, 2.75) is 11.5 Å². The Morgan fingerprint density at radius 3 is 3.00 bits per heavy atom. The molecule has 0 amide bonds. The van der Waals surface area contributed by atoms with Crippen molar-refractivity contribution in [1.82, 2.24) is 0 Å². The Kier molecular flexibility index (Phi) is 2.51. The molecule has 0 radical (unpaired) electrons. The second-order valence-electron chi connectivity index (χ2n) is 2.69. The highest BCUT2D eigenvalue weighted by atomic mass is 35.5. The second kappa shape index (κ2) is 3.50. The summed E-state index contributed by atoms with van der Waals surface area (Å²) in [6.45, 7) is 0.0295. The van der Waals surface area contributed by atoms with Gasteiger partial charge >= 0.3 is 0 Å². The number of rotatable bonds is 1. The fourth-order valence-corrected chi connectivity index (χ4v) is 2.74. The van der Waals surface area contributed by atoms with E-state index in [2.05, 4.69) is 12.6 Å². The molecule has 4 heteroatoms. The Morgan fingerprint density at radius 2 is 2.31 bits per heavy atom. The second-order valence-corrected chi connectivity index (χ2v) is 4.47. The quantitative estimate of drug-likeness (QED) is 0.720. The molecule has 0 saturated carbocycles. The lowest BCUT2D eigenvalue weighted by Gasteiger charge is -2.03. The van der Waals surface area contributed by atoms with Crippen LogP contribution in [-0.4, -0.2) is 5.11 Å². The molecule has 1 aromatic heterocycles. The van der Waals surface area contributed by atoms with E-state index in [0.717, 1.165) is 20.5 Å². The monoisotopic (exact) mass is 230 g/mol. The summed E-state index contributed by atoms with van der Waals surface area (Å²) >= 11 is 11.9. The van der Waals surface area contributed by atoms with Gasteiger partial charge in [-0.05, 0) is 23.1 Å². The van der Waals surface area contributed by atoms with Crippen molar-refractivity contribution in [3.8, 4) is 0 Å². The molecule has 0 fully saturated rings. The van der Waals surface area contributed by atoms with Crippen LogP contribution in [0.25, 0.3) is 10.1 Å². The molecule has 68 valence electrons. The molecule has 2 rings (SSSR count). The molecule has 2 aromatic rings. The maximum absolute atomic E-state index is 9.10. The van der Waals surface area contributed by atoms with Gasteiger partial charge in [0.15, 0.2) is 0 Å². The zero-order chi connectivity index (χ0) is 9.42. The molecule has 1 aromatic carbocycles. The van der Waals surface area contributed by atoms with Crippen LogP contribution in [-0.2, 0) is 6.61 Å². The minimum absolute atomic E-state index is 0.0295. The molecule has 13 heavy (non-hydrogen) atoms. The molecule has 1 heterocycles. The molecule has 0 bridgehead atoms. The first kappa shape index (κ1) is 9.34. The van der Waals surface area contributed by atoms with Crippen LogP contribution >= 0.6 is 35.6 Å². The van der Waals surface area contributed by atoms with Crippen molar-refractivity contribution in [1.29, 1.82) is 0 Å². The number of hydrogen-bond acceptors (Lipinski definition) is 3. The molecule has 0 saturated heterocycles. The predicted octanol–water partition coefficient (Wildman–Crippen LogP) is 3.34. The van der Waals surface area contributed by atoms with E-state index in [1.54, 1.807) is 11.3 Å². The lowest BCUT2D eigenvalue weighted by atomic mass is 10.2.